The second-order valence-corrected chi connectivity index (χ2v) is 5.05. The normalized spacial score (nSPS) is 10.6. The third-order valence-electron chi connectivity index (χ3n) is 2.38. The predicted molar refractivity (Wildman–Crippen MR) is 73.4 cm³/mol. The van der Waals surface area contributed by atoms with Gasteiger partial charge < -0.3 is 5.32 Å². The zero-order chi connectivity index (χ0) is 13.1. The number of aryl methyl sites for hydroxylation is 2. The number of nitrogens with one attached hydrogen (secondary N) is 1. The number of hydrogen-bond acceptors (Lipinski definition) is 5. The van der Waals surface area contributed by atoms with Gasteiger partial charge in [0.15, 0.2) is 0 Å². The van der Waals surface area contributed by atoms with Gasteiger partial charge in [-0.2, -0.15) is 5.10 Å². The number of thiazole rings is 1. The van der Waals surface area contributed by atoms with Crippen LogP contribution in [0, 0.1) is 6.92 Å². The molecule has 18 heavy (non-hydrogen) atoms. The molecule has 7 heteroatoms. The van der Waals surface area contributed by atoms with E-state index in [4.69, 9.17) is 11.6 Å². The van der Waals surface area contributed by atoms with Gasteiger partial charge in [0.2, 0.25) is 0 Å². The fourth-order valence-corrected chi connectivity index (χ4v) is 2.39. The molecule has 0 fully saturated rings. The maximum absolute atomic E-state index is 11.8. The van der Waals surface area contributed by atoms with Gasteiger partial charge >= 0.3 is 0 Å². The van der Waals surface area contributed by atoms with E-state index in [-0.39, 0.29) is 10.6 Å². The van der Waals surface area contributed by atoms with Crippen LogP contribution in [0.2, 0.25) is 5.02 Å². The van der Waals surface area contributed by atoms with Gasteiger partial charge in [0.25, 0.3) is 5.56 Å². The molecule has 0 unspecified atom stereocenters. The van der Waals surface area contributed by atoms with E-state index in [2.05, 4.69) is 15.4 Å². The number of hydrogen-bond donors (Lipinski definition) is 1. The summed E-state index contributed by atoms with van der Waals surface area (Å²) in [5.41, 5.74) is 1.25. The minimum atomic E-state index is -0.278. The Balaban J connectivity index is 2.15. The van der Waals surface area contributed by atoms with Crippen LogP contribution < -0.4 is 10.9 Å². The molecule has 0 aliphatic rings. The Kier molecular flexibility index (Phi) is 3.98. The largest absolute Gasteiger partial charge is 0.376 e. The average molecular weight is 285 g/mol. The Morgan fingerprint density at radius 2 is 2.33 bits per heavy atom. The summed E-state index contributed by atoms with van der Waals surface area (Å²) in [6, 6.07) is 0. The molecule has 5 nitrogen and oxygen atoms in total. The van der Waals surface area contributed by atoms with Gasteiger partial charge in [-0.25, -0.2) is 9.67 Å². The van der Waals surface area contributed by atoms with Crippen molar-refractivity contribution in [3.8, 4) is 0 Å². The van der Waals surface area contributed by atoms with Crippen molar-refractivity contribution in [3.63, 3.8) is 0 Å². The van der Waals surface area contributed by atoms with Crippen LogP contribution in [0.4, 0.5) is 5.69 Å². The summed E-state index contributed by atoms with van der Waals surface area (Å²) in [6.07, 6.45) is 1.56. The van der Waals surface area contributed by atoms with Crippen LogP contribution in [0.3, 0.4) is 0 Å². The Morgan fingerprint density at radius 3 is 2.94 bits per heavy atom. The molecule has 0 saturated carbocycles. The van der Waals surface area contributed by atoms with E-state index in [0.717, 1.165) is 10.7 Å². The molecular weight excluding hydrogens is 272 g/mol. The highest BCUT2D eigenvalue weighted by Gasteiger charge is 2.08. The number of halogens is 1. The van der Waals surface area contributed by atoms with Crippen LogP contribution in [-0.2, 0) is 13.1 Å². The van der Waals surface area contributed by atoms with E-state index in [1.165, 1.54) is 4.68 Å². The van der Waals surface area contributed by atoms with Crippen molar-refractivity contribution >= 4 is 28.6 Å². The van der Waals surface area contributed by atoms with Crippen LogP contribution in [0.1, 0.15) is 17.6 Å². The smallest absolute Gasteiger partial charge is 0.287 e. The molecule has 0 aliphatic heterocycles. The third kappa shape index (κ3) is 2.70. The molecule has 0 amide bonds. The van der Waals surface area contributed by atoms with E-state index < -0.39 is 0 Å². The Hall–Kier alpha value is -1.40. The second kappa shape index (κ2) is 5.49. The first kappa shape index (κ1) is 13.0. The molecule has 2 aromatic rings. The molecule has 0 saturated heterocycles. The van der Waals surface area contributed by atoms with Gasteiger partial charge in [-0.05, 0) is 13.8 Å². The van der Waals surface area contributed by atoms with Gasteiger partial charge in [0, 0.05) is 17.6 Å². The summed E-state index contributed by atoms with van der Waals surface area (Å²) in [5, 5.41) is 10.2. The molecule has 0 spiro atoms. The SMILES string of the molecule is CCn1ncc(NCc2nc(C)cs2)c(Cl)c1=O. The van der Waals surface area contributed by atoms with Gasteiger partial charge in [-0.15, -0.1) is 11.3 Å². The lowest BCUT2D eigenvalue weighted by Crippen LogP contribution is -2.23. The third-order valence-corrected chi connectivity index (χ3v) is 3.71. The quantitative estimate of drug-likeness (QED) is 0.936. The van der Waals surface area contributed by atoms with E-state index in [0.29, 0.717) is 18.8 Å². The van der Waals surface area contributed by atoms with Crippen LogP contribution >= 0.6 is 22.9 Å². The molecule has 2 aromatic heterocycles. The number of nitrogens with zero attached hydrogens (tertiary/aromatic N) is 3. The van der Waals surface area contributed by atoms with Gasteiger partial charge in [-0.3, -0.25) is 4.79 Å². The minimum absolute atomic E-state index is 0.167. The van der Waals surface area contributed by atoms with E-state index in [9.17, 15) is 4.79 Å². The molecule has 1 N–H and O–H groups in total. The fourth-order valence-electron chi connectivity index (χ4n) is 1.47. The van der Waals surface area contributed by atoms with Crippen molar-refractivity contribution in [2.24, 2.45) is 0 Å². The maximum Gasteiger partial charge on any atom is 0.287 e. The van der Waals surface area contributed by atoms with E-state index in [1.54, 1.807) is 17.5 Å². The summed E-state index contributed by atoms with van der Waals surface area (Å²) in [7, 11) is 0. The summed E-state index contributed by atoms with van der Waals surface area (Å²) in [5.74, 6) is 0. The molecule has 96 valence electrons. The Morgan fingerprint density at radius 1 is 1.56 bits per heavy atom. The molecule has 2 heterocycles. The number of aromatic nitrogens is 3. The lowest BCUT2D eigenvalue weighted by atomic mass is 10.4. The summed E-state index contributed by atoms with van der Waals surface area (Å²) < 4.78 is 1.32. The average Bonchev–Trinajstić information content (AvgIpc) is 2.77. The summed E-state index contributed by atoms with van der Waals surface area (Å²) in [4.78, 5) is 16.1. The molecule has 0 radical (unpaired) electrons. The van der Waals surface area contributed by atoms with E-state index >= 15 is 0 Å². The monoisotopic (exact) mass is 284 g/mol. The van der Waals surface area contributed by atoms with Crippen LogP contribution in [0.25, 0.3) is 0 Å². The standard InChI is InChI=1S/C11H13ClN4OS/c1-3-16-11(17)10(12)8(4-14-16)13-5-9-15-7(2)6-18-9/h4,6,13H,3,5H2,1-2H3. The molecule has 0 aromatic carbocycles. The lowest BCUT2D eigenvalue weighted by Gasteiger charge is -2.07. The molecule has 0 atom stereocenters. The number of rotatable bonds is 4. The van der Waals surface area contributed by atoms with Crippen molar-refractivity contribution in [2.75, 3.05) is 5.32 Å². The maximum atomic E-state index is 11.8. The Bertz CT molecular complexity index is 607. The summed E-state index contributed by atoms with van der Waals surface area (Å²) in [6.45, 7) is 4.83. The van der Waals surface area contributed by atoms with Gasteiger partial charge in [0.05, 0.1) is 18.4 Å². The van der Waals surface area contributed by atoms with Crippen molar-refractivity contribution in [1.82, 2.24) is 14.8 Å². The zero-order valence-electron chi connectivity index (χ0n) is 10.1. The summed E-state index contributed by atoms with van der Waals surface area (Å²) >= 11 is 7.56. The Labute approximate surface area is 113 Å². The van der Waals surface area contributed by atoms with Crippen molar-refractivity contribution in [2.45, 2.75) is 26.9 Å². The highest BCUT2D eigenvalue weighted by atomic mass is 35.5. The topological polar surface area (TPSA) is 59.8 Å². The van der Waals surface area contributed by atoms with Crippen molar-refractivity contribution in [3.05, 3.63) is 37.7 Å². The lowest BCUT2D eigenvalue weighted by molar-refractivity contribution is 0.616. The molecule has 0 aliphatic carbocycles. The van der Waals surface area contributed by atoms with Crippen LogP contribution in [0.15, 0.2) is 16.4 Å². The fraction of sp³-hybridized carbons (Fsp3) is 0.364. The van der Waals surface area contributed by atoms with Crippen LogP contribution in [-0.4, -0.2) is 14.8 Å². The van der Waals surface area contributed by atoms with Gasteiger partial charge in [0.1, 0.15) is 10.0 Å². The molecular formula is C11H13ClN4OS. The molecule has 2 rings (SSSR count). The zero-order valence-corrected chi connectivity index (χ0v) is 11.7. The van der Waals surface area contributed by atoms with E-state index in [1.807, 2.05) is 19.2 Å². The van der Waals surface area contributed by atoms with Gasteiger partial charge in [-0.1, -0.05) is 11.6 Å². The predicted octanol–water partition coefficient (Wildman–Crippen LogP) is 2.29. The number of anilines is 1. The highest BCUT2D eigenvalue weighted by molar-refractivity contribution is 7.09. The van der Waals surface area contributed by atoms with Crippen LogP contribution in [0.5, 0.6) is 0 Å². The van der Waals surface area contributed by atoms with Crippen molar-refractivity contribution in [1.29, 1.82) is 0 Å². The first-order valence-corrected chi connectivity index (χ1v) is 6.78. The first-order chi connectivity index (χ1) is 8.61. The molecule has 0 bridgehead atoms. The second-order valence-electron chi connectivity index (χ2n) is 3.73. The first-order valence-electron chi connectivity index (χ1n) is 5.52. The van der Waals surface area contributed by atoms with Crippen molar-refractivity contribution < 1.29 is 0 Å². The minimum Gasteiger partial charge on any atom is -0.376 e. The highest BCUT2D eigenvalue weighted by Crippen LogP contribution is 2.17.